The number of aromatic nitrogens is 2. The van der Waals surface area contributed by atoms with E-state index in [0.717, 1.165) is 19.5 Å². The summed E-state index contributed by atoms with van der Waals surface area (Å²) >= 11 is 0. The van der Waals surface area contributed by atoms with Crippen LogP contribution in [0.5, 0.6) is 0 Å². The van der Waals surface area contributed by atoms with Crippen LogP contribution in [0.25, 0.3) is 0 Å². The van der Waals surface area contributed by atoms with Gasteiger partial charge in [0.2, 0.25) is 5.89 Å². The lowest BCUT2D eigenvalue weighted by molar-refractivity contribution is -0.137. The Morgan fingerprint density at radius 3 is 3.11 bits per heavy atom. The molecule has 1 N–H and O–H groups in total. The van der Waals surface area contributed by atoms with Gasteiger partial charge in [-0.3, -0.25) is 9.69 Å². The van der Waals surface area contributed by atoms with E-state index in [2.05, 4.69) is 22.0 Å². The van der Waals surface area contributed by atoms with E-state index in [-0.39, 0.29) is 12.5 Å². The van der Waals surface area contributed by atoms with Crippen LogP contribution in [0.15, 0.2) is 4.52 Å². The number of hydrogen-bond donors (Lipinski definition) is 1. The smallest absolute Gasteiger partial charge is 0.303 e. The SMILES string of the molecule is CCN1CCCCC1c1noc(CCC(=O)O)n1. The molecule has 2 rings (SSSR count). The summed E-state index contributed by atoms with van der Waals surface area (Å²) in [5.41, 5.74) is 0. The van der Waals surface area contributed by atoms with Crippen LogP contribution in [-0.4, -0.2) is 39.2 Å². The molecule has 0 amide bonds. The van der Waals surface area contributed by atoms with Gasteiger partial charge in [0.25, 0.3) is 0 Å². The molecule has 100 valence electrons. The van der Waals surface area contributed by atoms with Gasteiger partial charge in [-0.2, -0.15) is 4.98 Å². The number of likely N-dealkylation sites (tertiary alicyclic amines) is 1. The van der Waals surface area contributed by atoms with Crippen molar-refractivity contribution in [3.63, 3.8) is 0 Å². The standard InChI is InChI=1S/C12H19N3O3/c1-2-15-8-4-3-5-9(15)12-13-10(18-14-12)6-7-11(16)17/h9H,2-8H2,1H3,(H,16,17). The van der Waals surface area contributed by atoms with Crippen molar-refractivity contribution < 1.29 is 14.4 Å². The van der Waals surface area contributed by atoms with Gasteiger partial charge in [-0.1, -0.05) is 18.5 Å². The predicted octanol–water partition coefficient (Wildman–Crippen LogP) is 1.63. The van der Waals surface area contributed by atoms with Gasteiger partial charge in [0.1, 0.15) is 0 Å². The van der Waals surface area contributed by atoms with Gasteiger partial charge < -0.3 is 9.63 Å². The highest BCUT2D eigenvalue weighted by Crippen LogP contribution is 2.28. The van der Waals surface area contributed by atoms with Crippen molar-refractivity contribution in [1.29, 1.82) is 0 Å². The lowest BCUT2D eigenvalue weighted by Gasteiger charge is -2.32. The Kier molecular flexibility index (Phi) is 4.30. The van der Waals surface area contributed by atoms with Crippen molar-refractivity contribution in [2.24, 2.45) is 0 Å². The molecular formula is C12H19N3O3. The van der Waals surface area contributed by atoms with Crippen LogP contribution in [0.1, 0.15) is 50.4 Å². The Balaban J connectivity index is 2.01. The van der Waals surface area contributed by atoms with Crippen LogP contribution in [0, 0.1) is 0 Å². The maximum atomic E-state index is 10.5. The molecule has 1 saturated heterocycles. The number of nitrogens with zero attached hydrogens (tertiary/aromatic N) is 3. The first-order chi connectivity index (χ1) is 8.70. The third-order valence-corrected chi connectivity index (χ3v) is 3.35. The van der Waals surface area contributed by atoms with Crippen LogP contribution < -0.4 is 0 Å². The largest absolute Gasteiger partial charge is 0.481 e. The summed E-state index contributed by atoms with van der Waals surface area (Å²) in [5, 5.41) is 12.6. The van der Waals surface area contributed by atoms with Crippen molar-refractivity contribution in [3.8, 4) is 0 Å². The molecule has 1 aliphatic rings. The number of hydrogen-bond acceptors (Lipinski definition) is 5. The van der Waals surface area contributed by atoms with E-state index in [1.807, 2.05) is 0 Å². The Bertz CT molecular complexity index is 405. The monoisotopic (exact) mass is 253 g/mol. The summed E-state index contributed by atoms with van der Waals surface area (Å²) in [6, 6.07) is 0.228. The second kappa shape index (κ2) is 5.95. The first-order valence-electron chi connectivity index (χ1n) is 6.49. The molecule has 1 unspecified atom stereocenters. The van der Waals surface area contributed by atoms with Gasteiger partial charge in [-0.25, -0.2) is 0 Å². The van der Waals surface area contributed by atoms with Gasteiger partial charge in [0.15, 0.2) is 5.82 Å². The number of carboxylic acid groups (broad SMARTS) is 1. The van der Waals surface area contributed by atoms with Crippen molar-refractivity contribution in [2.75, 3.05) is 13.1 Å². The third-order valence-electron chi connectivity index (χ3n) is 3.35. The second-order valence-corrected chi connectivity index (χ2v) is 4.58. The van der Waals surface area contributed by atoms with Crippen molar-refractivity contribution in [3.05, 3.63) is 11.7 Å². The Labute approximate surface area is 106 Å². The molecule has 1 aliphatic heterocycles. The highest BCUT2D eigenvalue weighted by atomic mass is 16.5. The molecular weight excluding hydrogens is 234 g/mol. The molecule has 1 atom stereocenters. The van der Waals surface area contributed by atoms with Gasteiger partial charge in [-0.15, -0.1) is 0 Å². The molecule has 1 fully saturated rings. The van der Waals surface area contributed by atoms with Crippen LogP contribution in [0.4, 0.5) is 0 Å². The molecule has 6 heteroatoms. The first-order valence-corrected chi connectivity index (χ1v) is 6.49. The fourth-order valence-corrected chi connectivity index (χ4v) is 2.38. The molecule has 18 heavy (non-hydrogen) atoms. The van der Waals surface area contributed by atoms with E-state index >= 15 is 0 Å². The second-order valence-electron chi connectivity index (χ2n) is 4.58. The topological polar surface area (TPSA) is 79.5 Å². The minimum atomic E-state index is -0.845. The first kappa shape index (κ1) is 13.0. The number of carbonyl (C=O) groups is 1. The quantitative estimate of drug-likeness (QED) is 0.859. The fourth-order valence-electron chi connectivity index (χ4n) is 2.38. The van der Waals surface area contributed by atoms with E-state index in [9.17, 15) is 4.79 Å². The fraction of sp³-hybridized carbons (Fsp3) is 0.750. The maximum Gasteiger partial charge on any atom is 0.303 e. The number of carboxylic acids is 1. The highest BCUT2D eigenvalue weighted by molar-refractivity contribution is 5.66. The molecule has 1 aromatic heterocycles. The summed E-state index contributed by atoms with van der Waals surface area (Å²) in [6.07, 6.45) is 3.78. The zero-order chi connectivity index (χ0) is 13.0. The van der Waals surface area contributed by atoms with Crippen LogP contribution >= 0.6 is 0 Å². The molecule has 2 heterocycles. The predicted molar refractivity (Wildman–Crippen MR) is 64.1 cm³/mol. The molecule has 6 nitrogen and oxygen atoms in total. The molecule has 0 radical (unpaired) electrons. The molecule has 0 bridgehead atoms. The average Bonchev–Trinajstić information content (AvgIpc) is 2.85. The maximum absolute atomic E-state index is 10.5. The van der Waals surface area contributed by atoms with Gasteiger partial charge in [-0.05, 0) is 25.9 Å². The molecule has 0 aromatic carbocycles. The van der Waals surface area contributed by atoms with E-state index in [1.54, 1.807) is 0 Å². The van der Waals surface area contributed by atoms with E-state index in [0.29, 0.717) is 18.1 Å². The van der Waals surface area contributed by atoms with Crippen LogP contribution in [-0.2, 0) is 11.2 Å². The number of rotatable bonds is 5. The lowest BCUT2D eigenvalue weighted by atomic mass is 10.0. The zero-order valence-corrected chi connectivity index (χ0v) is 10.6. The Morgan fingerprint density at radius 2 is 2.39 bits per heavy atom. The Morgan fingerprint density at radius 1 is 1.56 bits per heavy atom. The van der Waals surface area contributed by atoms with Gasteiger partial charge in [0, 0.05) is 6.42 Å². The van der Waals surface area contributed by atoms with Crippen molar-refractivity contribution >= 4 is 5.97 Å². The number of aliphatic carboxylic acids is 1. The number of aryl methyl sites for hydroxylation is 1. The summed E-state index contributed by atoms with van der Waals surface area (Å²) in [6.45, 7) is 4.17. The Hall–Kier alpha value is -1.43. The van der Waals surface area contributed by atoms with Gasteiger partial charge in [0.05, 0.1) is 12.5 Å². The third kappa shape index (κ3) is 3.07. The summed E-state index contributed by atoms with van der Waals surface area (Å²) in [5.74, 6) is 0.286. The van der Waals surface area contributed by atoms with E-state index in [1.165, 1.54) is 12.8 Å². The summed E-state index contributed by atoms with van der Waals surface area (Å²) in [7, 11) is 0. The van der Waals surface area contributed by atoms with Gasteiger partial charge >= 0.3 is 5.97 Å². The van der Waals surface area contributed by atoms with Crippen LogP contribution in [0.3, 0.4) is 0 Å². The molecule has 0 spiro atoms. The number of piperidine rings is 1. The molecule has 1 aromatic rings. The minimum Gasteiger partial charge on any atom is -0.481 e. The van der Waals surface area contributed by atoms with E-state index < -0.39 is 5.97 Å². The lowest BCUT2D eigenvalue weighted by Crippen LogP contribution is -2.33. The molecule has 0 aliphatic carbocycles. The van der Waals surface area contributed by atoms with Crippen molar-refractivity contribution in [1.82, 2.24) is 15.0 Å². The summed E-state index contributed by atoms with van der Waals surface area (Å²) < 4.78 is 5.11. The summed E-state index contributed by atoms with van der Waals surface area (Å²) in [4.78, 5) is 17.1. The van der Waals surface area contributed by atoms with E-state index in [4.69, 9.17) is 9.63 Å². The zero-order valence-electron chi connectivity index (χ0n) is 10.6. The normalized spacial score (nSPS) is 21.1. The van der Waals surface area contributed by atoms with Crippen LogP contribution in [0.2, 0.25) is 0 Å². The average molecular weight is 253 g/mol. The molecule has 0 saturated carbocycles. The highest BCUT2D eigenvalue weighted by Gasteiger charge is 2.26. The minimum absolute atomic E-state index is 0.0315. The van der Waals surface area contributed by atoms with Crippen molar-refractivity contribution in [2.45, 2.75) is 45.1 Å².